The molecule has 47 heavy (non-hydrogen) atoms. The van der Waals surface area contributed by atoms with Gasteiger partial charge in [0, 0.05) is 68.0 Å². The van der Waals surface area contributed by atoms with Crippen molar-refractivity contribution in [1.82, 2.24) is 19.9 Å². The number of nitrogens with zero attached hydrogens (tertiary/aromatic N) is 4. The number of fused-ring (bicyclic) bond motifs is 2. The Bertz CT molecular complexity index is 1900. The maximum absolute atomic E-state index is 13.1. The lowest BCUT2D eigenvalue weighted by Crippen LogP contribution is -2.43. The maximum atomic E-state index is 13.1. The molecule has 10 heteroatoms. The van der Waals surface area contributed by atoms with E-state index in [2.05, 4.69) is 34.0 Å². The zero-order valence-corrected chi connectivity index (χ0v) is 28.1. The summed E-state index contributed by atoms with van der Waals surface area (Å²) in [6.07, 6.45) is 7.37. The van der Waals surface area contributed by atoms with E-state index in [1.165, 1.54) is 18.6 Å². The first-order valence-corrected chi connectivity index (χ1v) is 16.9. The summed E-state index contributed by atoms with van der Waals surface area (Å²) in [7, 11) is 0. The van der Waals surface area contributed by atoms with Crippen LogP contribution in [0.1, 0.15) is 83.3 Å². The molecule has 3 aromatic heterocycles. The predicted molar refractivity (Wildman–Crippen MR) is 190 cm³/mol. The minimum atomic E-state index is -0.282. The summed E-state index contributed by atoms with van der Waals surface area (Å²) in [6.45, 7) is 12.9. The van der Waals surface area contributed by atoms with Crippen LogP contribution in [-0.2, 0) is 0 Å². The first-order chi connectivity index (χ1) is 22.9. The van der Waals surface area contributed by atoms with Gasteiger partial charge in [0.15, 0.2) is 22.7 Å². The second kappa shape index (κ2) is 15.3. The summed E-state index contributed by atoms with van der Waals surface area (Å²) in [5.74, 6) is 0.831. The van der Waals surface area contributed by atoms with E-state index in [0.29, 0.717) is 28.7 Å². The fraction of sp³-hybridized carbons (Fsp3) is 0.405. The van der Waals surface area contributed by atoms with Gasteiger partial charge in [-0.2, -0.15) is 4.98 Å². The molecule has 7 rings (SSSR count). The lowest BCUT2D eigenvalue weighted by atomic mass is 10.0. The zero-order chi connectivity index (χ0) is 33.5. The summed E-state index contributed by atoms with van der Waals surface area (Å²) < 4.78 is 8.39. The van der Waals surface area contributed by atoms with Crippen molar-refractivity contribution in [3.8, 4) is 16.9 Å². The van der Waals surface area contributed by atoms with Crippen LogP contribution in [0.5, 0.6) is 5.75 Å². The Labute approximate surface area is 275 Å². The Kier molecular flexibility index (Phi) is 10.9. The summed E-state index contributed by atoms with van der Waals surface area (Å²) in [6, 6.07) is 14.6. The van der Waals surface area contributed by atoms with Gasteiger partial charge < -0.3 is 29.6 Å². The Balaban J connectivity index is 0.000000822. The Morgan fingerprint density at radius 1 is 1.06 bits per heavy atom. The average Bonchev–Trinajstić information content (AvgIpc) is 3.75. The van der Waals surface area contributed by atoms with Gasteiger partial charge in [-0.05, 0) is 48.7 Å². The van der Waals surface area contributed by atoms with Gasteiger partial charge in [-0.1, -0.05) is 59.1 Å². The van der Waals surface area contributed by atoms with Crippen molar-refractivity contribution in [3.63, 3.8) is 0 Å². The van der Waals surface area contributed by atoms with Crippen LogP contribution >= 0.6 is 0 Å². The van der Waals surface area contributed by atoms with Crippen molar-refractivity contribution in [2.24, 2.45) is 0 Å². The average molecular weight is 639 g/mol. The molecule has 1 saturated carbocycles. The number of hydrogen-bond acceptors (Lipinski definition) is 9. The van der Waals surface area contributed by atoms with Gasteiger partial charge in [0.1, 0.15) is 16.8 Å². The highest BCUT2D eigenvalue weighted by Crippen LogP contribution is 2.37. The number of carbonyl (C=O) groups excluding carboxylic acids is 1. The molecule has 1 aliphatic carbocycles. The summed E-state index contributed by atoms with van der Waals surface area (Å²) in [5, 5.41) is 18.2. The number of carbonyl (C=O) groups is 1. The third kappa shape index (κ3) is 7.17. The fourth-order valence-electron chi connectivity index (χ4n) is 6.27. The van der Waals surface area contributed by atoms with Gasteiger partial charge >= 0.3 is 0 Å². The van der Waals surface area contributed by atoms with Crippen LogP contribution in [0, 0.1) is 0 Å². The zero-order valence-electron chi connectivity index (χ0n) is 28.1. The minimum Gasteiger partial charge on any atom is -0.507 e. The molecule has 2 aliphatic rings. The number of aromatic hydroxyl groups is 1. The van der Waals surface area contributed by atoms with Crippen molar-refractivity contribution in [1.29, 1.82) is 0 Å². The lowest BCUT2D eigenvalue weighted by Gasteiger charge is -2.28. The molecule has 5 aromatic rings. The highest BCUT2D eigenvalue weighted by molar-refractivity contribution is 5.98. The van der Waals surface area contributed by atoms with Crippen molar-refractivity contribution in [3.05, 3.63) is 70.6 Å². The molecule has 3 N–H and O–H groups in total. The normalized spacial score (nSPS) is 14.8. The van der Waals surface area contributed by atoms with Crippen LogP contribution in [0.2, 0.25) is 0 Å². The number of hydrogen-bond donors (Lipinski definition) is 3. The van der Waals surface area contributed by atoms with Crippen LogP contribution in [-0.4, -0.2) is 51.6 Å². The number of benzene rings is 2. The van der Waals surface area contributed by atoms with Crippen LogP contribution in [0.15, 0.2) is 63.9 Å². The summed E-state index contributed by atoms with van der Waals surface area (Å²) in [4.78, 5) is 37.0. The van der Waals surface area contributed by atoms with Crippen LogP contribution in [0.25, 0.3) is 33.1 Å². The number of anilines is 3. The molecule has 0 unspecified atom stereocenters. The van der Waals surface area contributed by atoms with Gasteiger partial charge in [-0.3, -0.25) is 9.59 Å². The standard InChI is InChI=1S/C32H32N6O4.C3H8.C2H6/c1-19(39)25-16-21-18-34-32(36-31(21)38(25)23-7-2-3-8-23)35-22-6-4-5-20(15-22)24-9-10-26(40)29-27(41)17-28(42-30(24)29)37-13-11-33-12-14-37;1-3-2;1-2/h4-6,9-10,15-18,23,33,40H,2-3,7-8,11-14H2,1H3,(H,34,35,36);3H2,1-2H3;1-2H3. The third-order valence-corrected chi connectivity index (χ3v) is 8.33. The second-order valence-corrected chi connectivity index (χ2v) is 11.8. The van der Waals surface area contributed by atoms with E-state index in [1.54, 1.807) is 19.2 Å². The highest BCUT2D eigenvalue weighted by Gasteiger charge is 2.25. The molecule has 4 heterocycles. The van der Waals surface area contributed by atoms with Crippen molar-refractivity contribution in [2.45, 2.75) is 72.8 Å². The largest absolute Gasteiger partial charge is 0.507 e. The number of phenolic OH excluding ortho intramolecular Hbond substituents is 1. The van der Waals surface area contributed by atoms with Crippen molar-refractivity contribution >= 4 is 45.3 Å². The van der Waals surface area contributed by atoms with Crippen LogP contribution in [0.4, 0.5) is 17.5 Å². The second-order valence-electron chi connectivity index (χ2n) is 11.8. The molecule has 2 aromatic carbocycles. The molecule has 0 spiro atoms. The lowest BCUT2D eigenvalue weighted by molar-refractivity contribution is 0.100. The molecule has 0 amide bonds. The maximum Gasteiger partial charge on any atom is 0.229 e. The SMILES string of the molecule is CC.CC(=O)c1cc2cnc(Nc3cccc(-c4ccc(O)c5c(=O)cc(N6CCNCC6)oc45)c3)nc2n1C1CCCC1.CCC. The van der Waals surface area contributed by atoms with E-state index in [1.807, 2.05) is 49.1 Å². The summed E-state index contributed by atoms with van der Waals surface area (Å²) >= 11 is 0. The fourth-order valence-corrected chi connectivity index (χ4v) is 6.27. The molecule has 0 atom stereocenters. The van der Waals surface area contributed by atoms with E-state index < -0.39 is 0 Å². The van der Waals surface area contributed by atoms with E-state index in [-0.39, 0.29) is 28.4 Å². The minimum absolute atomic E-state index is 0.0231. The molecule has 1 aliphatic heterocycles. The number of rotatable bonds is 6. The topological polar surface area (TPSA) is 126 Å². The Morgan fingerprint density at radius 2 is 1.79 bits per heavy atom. The Hall–Kier alpha value is -4.70. The van der Waals surface area contributed by atoms with E-state index in [9.17, 15) is 14.7 Å². The van der Waals surface area contributed by atoms with Gasteiger partial charge in [-0.25, -0.2) is 4.98 Å². The van der Waals surface area contributed by atoms with Gasteiger partial charge in [0.2, 0.25) is 5.95 Å². The number of Topliss-reactive ketones (excluding diaryl/α,β-unsaturated/α-hetero) is 1. The summed E-state index contributed by atoms with van der Waals surface area (Å²) in [5.41, 5.74) is 3.74. The molecule has 2 fully saturated rings. The van der Waals surface area contributed by atoms with Gasteiger partial charge in [-0.15, -0.1) is 0 Å². The molecule has 1 saturated heterocycles. The van der Waals surface area contributed by atoms with Gasteiger partial charge in [0.05, 0.1) is 5.69 Å². The first-order valence-electron chi connectivity index (χ1n) is 16.9. The van der Waals surface area contributed by atoms with E-state index >= 15 is 0 Å². The van der Waals surface area contributed by atoms with Gasteiger partial charge in [0.25, 0.3) is 0 Å². The van der Waals surface area contributed by atoms with Crippen molar-refractivity contribution in [2.75, 3.05) is 36.4 Å². The number of aromatic nitrogens is 3. The van der Waals surface area contributed by atoms with E-state index in [4.69, 9.17) is 9.40 Å². The Morgan fingerprint density at radius 3 is 2.49 bits per heavy atom. The molecular weight excluding hydrogens is 592 g/mol. The predicted octanol–water partition coefficient (Wildman–Crippen LogP) is 7.82. The molecule has 248 valence electrons. The third-order valence-electron chi connectivity index (χ3n) is 8.33. The van der Waals surface area contributed by atoms with Crippen LogP contribution < -0.4 is 21.0 Å². The first kappa shape index (κ1) is 33.7. The molecular formula is C37H46N6O4. The number of piperazine rings is 1. The number of nitrogens with one attached hydrogen (secondary N) is 2. The van der Waals surface area contributed by atoms with Crippen LogP contribution in [0.3, 0.4) is 0 Å². The smallest absolute Gasteiger partial charge is 0.229 e. The van der Waals surface area contributed by atoms with Crippen molar-refractivity contribution < 1.29 is 14.3 Å². The molecule has 0 radical (unpaired) electrons. The highest BCUT2D eigenvalue weighted by atomic mass is 16.4. The monoisotopic (exact) mass is 638 g/mol. The van der Waals surface area contributed by atoms with E-state index in [0.717, 1.165) is 74.1 Å². The molecule has 0 bridgehead atoms. The quantitative estimate of drug-likeness (QED) is 0.160. The number of phenols is 1. The molecule has 10 nitrogen and oxygen atoms in total. The number of ketones is 1.